The van der Waals surface area contributed by atoms with Gasteiger partial charge < -0.3 is 20.0 Å². The van der Waals surface area contributed by atoms with Crippen LogP contribution in [0.4, 0.5) is 0 Å². The van der Waals surface area contributed by atoms with E-state index in [4.69, 9.17) is 16.0 Å². The molecule has 2 aromatic rings. The second kappa shape index (κ2) is 9.03. The van der Waals surface area contributed by atoms with Crippen molar-refractivity contribution in [2.45, 2.75) is 25.9 Å². The van der Waals surface area contributed by atoms with Gasteiger partial charge in [0.15, 0.2) is 5.17 Å². The number of benzene rings is 1. The second-order valence-corrected chi connectivity index (χ2v) is 8.33. The quantitative estimate of drug-likeness (QED) is 0.687. The molecule has 4 rings (SSSR count). The smallest absolute Gasteiger partial charge is 0.251 e. The van der Waals surface area contributed by atoms with E-state index in [0.717, 1.165) is 16.4 Å². The van der Waals surface area contributed by atoms with Crippen LogP contribution >= 0.6 is 23.4 Å². The molecule has 0 aliphatic carbocycles. The van der Waals surface area contributed by atoms with Crippen LogP contribution in [0.3, 0.4) is 0 Å². The van der Waals surface area contributed by atoms with Crippen molar-refractivity contribution in [3.8, 4) is 0 Å². The Balaban J connectivity index is 1.62. The van der Waals surface area contributed by atoms with Gasteiger partial charge in [0.1, 0.15) is 5.76 Å². The SMILES string of the molecule is CNC(=O)C1=C(C)N=C2SC=C(CC(=O)NCc3ccco3)N2C1c1ccc(Cl)cc1. The van der Waals surface area contributed by atoms with Crippen LogP contribution in [-0.4, -0.2) is 28.9 Å². The number of amidine groups is 1. The van der Waals surface area contributed by atoms with E-state index in [-0.39, 0.29) is 18.2 Å². The number of hydrogen-bond acceptors (Lipinski definition) is 6. The van der Waals surface area contributed by atoms with Crippen molar-refractivity contribution in [2.24, 2.45) is 4.99 Å². The first-order valence-corrected chi connectivity index (χ1v) is 10.9. The van der Waals surface area contributed by atoms with Crippen LogP contribution in [0.15, 0.2) is 74.4 Å². The topological polar surface area (TPSA) is 86.9 Å². The molecule has 160 valence electrons. The van der Waals surface area contributed by atoms with Gasteiger partial charge in [-0.05, 0) is 42.2 Å². The van der Waals surface area contributed by atoms with Gasteiger partial charge >= 0.3 is 0 Å². The number of nitrogens with one attached hydrogen (secondary N) is 2. The van der Waals surface area contributed by atoms with E-state index in [2.05, 4.69) is 15.6 Å². The van der Waals surface area contributed by atoms with Gasteiger partial charge in [0.2, 0.25) is 5.91 Å². The van der Waals surface area contributed by atoms with E-state index >= 15 is 0 Å². The van der Waals surface area contributed by atoms with Gasteiger partial charge in [0.05, 0.1) is 36.5 Å². The zero-order chi connectivity index (χ0) is 22.0. The first-order valence-electron chi connectivity index (χ1n) is 9.69. The first-order chi connectivity index (χ1) is 15.0. The number of allylic oxidation sites excluding steroid dienone is 1. The monoisotopic (exact) mass is 456 g/mol. The maximum absolute atomic E-state index is 12.8. The Kier molecular flexibility index (Phi) is 6.20. The Morgan fingerprint density at radius 2 is 2.03 bits per heavy atom. The van der Waals surface area contributed by atoms with Crippen LogP contribution in [0.5, 0.6) is 0 Å². The highest BCUT2D eigenvalue weighted by molar-refractivity contribution is 8.16. The molecule has 9 heteroatoms. The number of carbonyl (C=O) groups excluding carboxylic acids is 2. The number of rotatable bonds is 6. The lowest BCUT2D eigenvalue weighted by Crippen LogP contribution is -2.39. The lowest BCUT2D eigenvalue weighted by Gasteiger charge is -2.36. The zero-order valence-corrected chi connectivity index (χ0v) is 18.6. The van der Waals surface area contributed by atoms with Gasteiger partial charge in [-0.2, -0.15) is 0 Å². The molecule has 0 spiro atoms. The molecule has 2 N–H and O–H groups in total. The summed E-state index contributed by atoms with van der Waals surface area (Å²) in [7, 11) is 1.60. The number of carbonyl (C=O) groups is 2. The Bertz CT molecular complexity index is 1090. The van der Waals surface area contributed by atoms with Crippen LogP contribution in [0.1, 0.15) is 30.7 Å². The van der Waals surface area contributed by atoms with E-state index in [1.165, 1.54) is 11.8 Å². The fourth-order valence-electron chi connectivity index (χ4n) is 3.58. The van der Waals surface area contributed by atoms with Crippen LogP contribution in [0.25, 0.3) is 0 Å². The molecular weight excluding hydrogens is 436 g/mol. The number of nitrogens with zero attached hydrogens (tertiary/aromatic N) is 2. The summed E-state index contributed by atoms with van der Waals surface area (Å²) in [5.41, 5.74) is 2.85. The Morgan fingerprint density at radius 1 is 1.26 bits per heavy atom. The molecule has 7 nitrogen and oxygen atoms in total. The van der Waals surface area contributed by atoms with Crippen molar-refractivity contribution in [3.63, 3.8) is 0 Å². The molecule has 0 saturated carbocycles. The lowest BCUT2D eigenvalue weighted by molar-refractivity contribution is -0.120. The highest BCUT2D eigenvalue weighted by Crippen LogP contribution is 2.44. The third kappa shape index (κ3) is 4.40. The average Bonchev–Trinajstić information content (AvgIpc) is 3.42. The Morgan fingerprint density at radius 3 is 2.71 bits per heavy atom. The van der Waals surface area contributed by atoms with Crippen molar-refractivity contribution < 1.29 is 14.0 Å². The lowest BCUT2D eigenvalue weighted by atomic mass is 9.93. The first kappa shape index (κ1) is 21.3. The maximum atomic E-state index is 12.8. The average molecular weight is 457 g/mol. The molecule has 2 aliphatic heterocycles. The maximum Gasteiger partial charge on any atom is 0.251 e. The minimum absolute atomic E-state index is 0.146. The molecular formula is C22H21ClN4O3S. The number of halogens is 1. The van der Waals surface area contributed by atoms with Gasteiger partial charge in [-0.15, -0.1) is 0 Å². The highest BCUT2D eigenvalue weighted by atomic mass is 35.5. The number of aliphatic imine (C=N–C) groups is 1. The summed E-state index contributed by atoms with van der Waals surface area (Å²) in [5.74, 6) is 0.328. The highest BCUT2D eigenvalue weighted by Gasteiger charge is 2.40. The second-order valence-electron chi connectivity index (χ2n) is 7.06. The standard InChI is InChI=1S/C22H21ClN4O3S/c1-13-19(21(29)24-2)20(14-5-7-15(23)8-6-14)27-16(12-31-22(27)26-13)10-18(28)25-11-17-4-3-9-30-17/h3-9,12,20H,10-11H2,1-2H3,(H,24,29)(H,25,28). The molecule has 1 atom stereocenters. The Labute approximate surface area is 189 Å². The molecule has 3 heterocycles. The summed E-state index contributed by atoms with van der Waals surface area (Å²) in [6.07, 6.45) is 1.72. The van der Waals surface area contributed by atoms with E-state index < -0.39 is 6.04 Å². The summed E-state index contributed by atoms with van der Waals surface area (Å²) in [4.78, 5) is 32.0. The number of likely N-dealkylation sites (N-methyl/N-ethyl adjacent to an activating group) is 1. The van der Waals surface area contributed by atoms with E-state index in [1.54, 1.807) is 37.6 Å². The fraction of sp³-hybridized carbons (Fsp3) is 0.227. The molecule has 0 fully saturated rings. The Hall–Kier alpha value is -2.97. The summed E-state index contributed by atoms with van der Waals surface area (Å²) in [6.45, 7) is 2.14. The minimum Gasteiger partial charge on any atom is -0.467 e. The van der Waals surface area contributed by atoms with Crippen LogP contribution in [-0.2, 0) is 16.1 Å². The van der Waals surface area contributed by atoms with E-state index in [9.17, 15) is 9.59 Å². The minimum atomic E-state index is -0.413. The fourth-order valence-corrected chi connectivity index (χ4v) is 4.67. The third-order valence-corrected chi connectivity index (χ3v) is 6.18. The van der Waals surface area contributed by atoms with Crippen molar-refractivity contribution in [1.82, 2.24) is 15.5 Å². The van der Waals surface area contributed by atoms with Gasteiger partial charge in [-0.3, -0.25) is 9.59 Å². The summed E-state index contributed by atoms with van der Waals surface area (Å²) in [5, 5.41) is 8.84. The van der Waals surface area contributed by atoms with Crippen molar-refractivity contribution in [2.75, 3.05) is 7.05 Å². The molecule has 31 heavy (non-hydrogen) atoms. The molecule has 2 amide bonds. The molecule has 2 aliphatic rings. The molecule has 1 aromatic carbocycles. The van der Waals surface area contributed by atoms with Crippen molar-refractivity contribution in [1.29, 1.82) is 0 Å². The largest absolute Gasteiger partial charge is 0.467 e. The van der Waals surface area contributed by atoms with Gasteiger partial charge in [-0.25, -0.2) is 4.99 Å². The predicted octanol–water partition coefficient (Wildman–Crippen LogP) is 3.96. The van der Waals surface area contributed by atoms with E-state index in [0.29, 0.717) is 28.6 Å². The third-order valence-electron chi connectivity index (χ3n) is 5.04. The molecule has 1 unspecified atom stereocenters. The predicted molar refractivity (Wildman–Crippen MR) is 121 cm³/mol. The van der Waals surface area contributed by atoms with Gasteiger partial charge in [0.25, 0.3) is 5.91 Å². The summed E-state index contributed by atoms with van der Waals surface area (Å²) >= 11 is 7.53. The number of furan rings is 1. The van der Waals surface area contributed by atoms with Crippen LogP contribution in [0.2, 0.25) is 5.02 Å². The molecule has 1 aromatic heterocycles. The number of amides is 2. The number of hydrogen-bond donors (Lipinski definition) is 2. The van der Waals surface area contributed by atoms with E-state index in [1.807, 2.05) is 29.4 Å². The number of thioether (sulfide) groups is 1. The van der Waals surface area contributed by atoms with Crippen molar-refractivity contribution >= 4 is 40.3 Å². The zero-order valence-electron chi connectivity index (χ0n) is 17.0. The summed E-state index contributed by atoms with van der Waals surface area (Å²) in [6, 6.07) is 10.5. The van der Waals surface area contributed by atoms with Crippen molar-refractivity contribution in [3.05, 3.63) is 81.4 Å². The van der Waals surface area contributed by atoms with Crippen LogP contribution < -0.4 is 10.6 Å². The molecule has 0 radical (unpaired) electrons. The normalized spacial score (nSPS) is 17.8. The van der Waals surface area contributed by atoms with Gasteiger partial charge in [-0.1, -0.05) is 35.5 Å². The number of fused-ring (bicyclic) bond motifs is 1. The summed E-state index contributed by atoms with van der Waals surface area (Å²) < 4.78 is 5.26. The molecule has 0 bridgehead atoms. The van der Waals surface area contributed by atoms with Crippen LogP contribution in [0, 0.1) is 0 Å². The molecule has 0 saturated heterocycles. The van der Waals surface area contributed by atoms with Gasteiger partial charge in [0, 0.05) is 17.8 Å².